The number of hydrogen-bond donors (Lipinski definition) is 1. The first kappa shape index (κ1) is 26.5. The average Bonchev–Trinajstić information content (AvgIpc) is 2.87. The molecule has 1 saturated heterocycles. The quantitative estimate of drug-likeness (QED) is 0.425. The molecule has 0 radical (unpaired) electrons. The van der Waals surface area contributed by atoms with Crippen LogP contribution < -0.4 is 10.4 Å². The summed E-state index contributed by atoms with van der Waals surface area (Å²) in [5.41, 5.74) is 5.23. The number of nitrogens with zero attached hydrogens (tertiary/aromatic N) is 1. The van der Waals surface area contributed by atoms with Crippen molar-refractivity contribution in [2.45, 2.75) is 84.8 Å². The van der Waals surface area contributed by atoms with E-state index in [4.69, 9.17) is 9.15 Å². The van der Waals surface area contributed by atoms with Crippen LogP contribution >= 0.6 is 0 Å². The van der Waals surface area contributed by atoms with Gasteiger partial charge in [-0.3, -0.25) is 4.79 Å². The minimum absolute atomic E-state index is 0.0443. The molecule has 0 spiro atoms. The number of likely N-dealkylation sites (tertiary alicyclic amines) is 1. The number of amides is 1. The fraction of sp³-hybridized carbons (Fsp3) is 0.500. The predicted octanol–water partition coefficient (Wildman–Crippen LogP) is 5.69. The van der Waals surface area contributed by atoms with Crippen LogP contribution in [0.1, 0.15) is 71.9 Å². The molecule has 0 unspecified atom stereocenters. The van der Waals surface area contributed by atoms with Crippen LogP contribution in [0.2, 0.25) is 0 Å². The number of carbonyl (C=O) groups excluding carboxylic acids is 1. The van der Waals surface area contributed by atoms with Gasteiger partial charge in [-0.25, -0.2) is 4.79 Å². The Labute approximate surface area is 224 Å². The Morgan fingerprint density at radius 3 is 2.61 bits per heavy atom. The van der Waals surface area contributed by atoms with E-state index in [1.807, 2.05) is 30.9 Å². The Morgan fingerprint density at radius 2 is 1.84 bits per heavy atom. The zero-order valence-corrected chi connectivity index (χ0v) is 23.1. The fourth-order valence-corrected chi connectivity index (χ4v) is 6.52. The molecule has 2 atom stereocenters. The second kappa shape index (κ2) is 10.6. The number of fused-ring (bicyclic) bond motifs is 2. The van der Waals surface area contributed by atoms with Crippen molar-refractivity contribution < 1.29 is 19.1 Å². The third kappa shape index (κ3) is 5.24. The zero-order valence-electron chi connectivity index (χ0n) is 23.1. The molecular weight excluding hydrogens is 478 g/mol. The minimum Gasteiger partial charge on any atom is -0.488 e. The molecular formula is C32H39NO5. The molecule has 1 N–H and O–H groups in total. The highest BCUT2D eigenvalue weighted by molar-refractivity contribution is 5.86. The third-order valence-corrected chi connectivity index (χ3v) is 8.70. The second-order valence-electron chi connectivity index (χ2n) is 11.5. The summed E-state index contributed by atoms with van der Waals surface area (Å²) < 4.78 is 11.9. The Balaban J connectivity index is 1.29. The Morgan fingerprint density at radius 1 is 1.08 bits per heavy atom. The smallest absolute Gasteiger partial charge is 0.339 e. The lowest BCUT2D eigenvalue weighted by atomic mass is 9.71. The van der Waals surface area contributed by atoms with Gasteiger partial charge in [0.2, 0.25) is 5.91 Å². The van der Waals surface area contributed by atoms with E-state index in [9.17, 15) is 14.7 Å². The largest absolute Gasteiger partial charge is 0.488 e. The lowest BCUT2D eigenvalue weighted by Crippen LogP contribution is -2.54. The summed E-state index contributed by atoms with van der Waals surface area (Å²) in [4.78, 5) is 28.0. The van der Waals surface area contributed by atoms with Crippen molar-refractivity contribution in [2.75, 3.05) is 13.1 Å². The van der Waals surface area contributed by atoms with Gasteiger partial charge in [0.05, 0.1) is 5.60 Å². The van der Waals surface area contributed by atoms with Crippen molar-refractivity contribution in [1.82, 2.24) is 4.90 Å². The van der Waals surface area contributed by atoms with Crippen LogP contribution in [0.4, 0.5) is 0 Å². The summed E-state index contributed by atoms with van der Waals surface area (Å²) in [6, 6.07) is 10.2. The maximum atomic E-state index is 13.1. The normalized spacial score (nSPS) is 21.4. The van der Waals surface area contributed by atoms with Crippen molar-refractivity contribution in [3.8, 4) is 5.75 Å². The maximum absolute atomic E-state index is 13.1. The molecule has 0 bridgehead atoms. The summed E-state index contributed by atoms with van der Waals surface area (Å²) in [7, 11) is 0. The number of aliphatic hydroxyl groups is 1. The molecule has 38 heavy (non-hydrogen) atoms. The van der Waals surface area contributed by atoms with Crippen LogP contribution in [-0.2, 0) is 17.8 Å². The summed E-state index contributed by atoms with van der Waals surface area (Å²) >= 11 is 0. The monoisotopic (exact) mass is 517 g/mol. The number of piperidine rings is 1. The van der Waals surface area contributed by atoms with Crippen molar-refractivity contribution in [1.29, 1.82) is 0 Å². The number of aryl methyl sites for hydroxylation is 4. The van der Waals surface area contributed by atoms with Gasteiger partial charge in [-0.15, -0.1) is 0 Å². The lowest BCUT2D eigenvalue weighted by molar-refractivity contribution is -0.143. The standard InChI is InChI=1S/C32H39NO5/c1-20-15-21(2)17-24(16-20)19-37-28-10-8-26-22(3)27(31(35)38-30(26)23(28)4)9-11-29(34)33-14-13-32(36)12-6-5-7-25(32)18-33/h8,10,15-17,25,36H,5-7,9,11-14,18-19H2,1-4H3/t25-,32+/m0/s1. The molecule has 2 aromatic carbocycles. The van der Waals surface area contributed by atoms with Gasteiger partial charge < -0.3 is 19.2 Å². The van der Waals surface area contributed by atoms with Crippen LogP contribution in [0.25, 0.3) is 11.0 Å². The van der Waals surface area contributed by atoms with Crippen LogP contribution in [-0.4, -0.2) is 34.6 Å². The number of benzene rings is 2. The van der Waals surface area contributed by atoms with Crippen molar-refractivity contribution >= 4 is 16.9 Å². The van der Waals surface area contributed by atoms with Gasteiger partial charge in [-0.2, -0.15) is 0 Å². The molecule has 1 saturated carbocycles. The number of rotatable bonds is 6. The first-order valence-corrected chi connectivity index (χ1v) is 13.9. The number of hydrogen-bond acceptors (Lipinski definition) is 5. The fourth-order valence-electron chi connectivity index (χ4n) is 6.52. The molecule has 1 amide bonds. The molecule has 1 aliphatic heterocycles. The van der Waals surface area contributed by atoms with Crippen molar-refractivity contribution in [3.63, 3.8) is 0 Å². The van der Waals surface area contributed by atoms with E-state index in [1.165, 1.54) is 11.1 Å². The van der Waals surface area contributed by atoms with E-state index < -0.39 is 11.2 Å². The van der Waals surface area contributed by atoms with Gasteiger partial charge in [0.15, 0.2) is 0 Å². The first-order chi connectivity index (χ1) is 18.1. The van der Waals surface area contributed by atoms with Crippen molar-refractivity contribution in [3.05, 3.63) is 74.1 Å². The second-order valence-corrected chi connectivity index (χ2v) is 11.5. The molecule has 3 aromatic rings. The molecule has 5 rings (SSSR count). The number of ether oxygens (including phenoxy) is 1. The SMILES string of the molecule is Cc1cc(C)cc(COc2ccc3c(C)c(CCC(=O)N4CC[C@]5(O)CCCC[C@H]5C4)c(=O)oc3c2C)c1. The van der Waals surface area contributed by atoms with Gasteiger partial charge in [-0.1, -0.05) is 42.2 Å². The van der Waals surface area contributed by atoms with Crippen LogP contribution in [0, 0.1) is 33.6 Å². The van der Waals surface area contributed by atoms with E-state index in [-0.39, 0.29) is 18.2 Å². The highest BCUT2D eigenvalue weighted by Crippen LogP contribution is 2.40. The van der Waals surface area contributed by atoms with E-state index in [2.05, 4.69) is 32.0 Å². The van der Waals surface area contributed by atoms with E-state index in [1.54, 1.807) is 0 Å². The van der Waals surface area contributed by atoms with Crippen LogP contribution in [0.3, 0.4) is 0 Å². The van der Waals surface area contributed by atoms with Crippen LogP contribution in [0.15, 0.2) is 39.5 Å². The first-order valence-electron chi connectivity index (χ1n) is 13.9. The predicted molar refractivity (Wildman–Crippen MR) is 149 cm³/mol. The Bertz CT molecular complexity index is 1400. The maximum Gasteiger partial charge on any atom is 0.339 e. The molecule has 2 aliphatic rings. The molecule has 1 aromatic heterocycles. The lowest BCUT2D eigenvalue weighted by Gasteiger charge is -2.47. The summed E-state index contributed by atoms with van der Waals surface area (Å²) in [5.74, 6) is 0.897. The highest BCUT2D eigenvalue weighted by Gasteiger charge is 2.43. The Kier molecular flexibility index (Phi) is 7.36. The van der Waals surface area contributed by atoms with E-state index in [0.29, 0.717) is 49.4 Å². The third-order valence-electron chi connectivity index (χ3n) is 8.70. The van der Waals surface area contributed by atoms with Gasteiger partial charge in [-0.05, 0) is 76.6 Å². The molecule has 202 valence electrons. The average molecular weight is 518 g/mol. The summed E-state index contributed by atoms with van der Waals surface area (Å²) in [6.45, 7) is 9.62. The molecule has 6 nitrogen and oxygen atoms in total. The van der Waals surface area contributed by atoms with Crippen molar-refractivity contribution in [2.24, 2.45) is 5.92 Å². The van der Waals surface area contributed by atoms with Crippen LogP contribution in [0.5, 0.6) is 5.75 Å². The molecule has 1 aliphatic carbocycles. The Hall–Kier alpha value is -3.12. The minimum atomic E-state index is -0.607. The molecule has 6 heteroatoms. The summed E-state index contributed by atoms with van der Waals surface area (Å²) in [5, 5.41) is 11.8. The molecule has 2 heterocycles. The van der Waals surface area contributed by atoms with Gasteiger partial charge in [0.25, 0.3) is 0 Å². The molecule has 2 fully saturated rings. The zero-order chi connectivity index (χ0) is 27.0. The summed E-state index contributed by atoms with van der Waals surface area (Å²) in [6.07, 6.45) is 5.25. The topological polar surface area (TPSA) is 80.0 Å². The van der Waals surface area contributed by atoms with Gasteiger partial charge in [0.1, 0.15) is 17.9 Å². The van der Waals surface area contributed by atoms with E-state index >= 15 is 0 Å². The van der Waals surface area contributed by atoms with E-state index in [0.717, 1.165) is 47.8 Å². The highest BCUT2D eigenvalue weighted by atomic mass is 16.5. The number of carbonyl (C=O) groups is 1. The van der Waals surface area contributed by atoms with Gasteiger partial charge in [0, 0.05) is 41.9 Å². The van der Waals surface area contributed by atoms with Gasteiger partial charge >= 0.3 is 5.63 Å².